The first-order chi connectivity index (χ1) is 12.7. The first-order valence-corrected chi connectivity index (χ1v) is 9.97. The molecule has 0 atom stereocenters. The highest BCUT2D eigenvalue weighted by atomic mass is 14.2. The van der Waals surface area contributed by atoms with Crippen molar-refractivity contribution in [3.8, 4) is 22.3 Å². The molecule has 3 aromatic rings. The lowest BCUT2D eigenvalue weighted by Gasteiger charge is -2.17. The molecule has 0 spiro atoms. The number of hydrogen-bond donors (Lipinski definition) is 0. The first-order valence-electron chi connectivity index (χ1n) is 9.97. The van der Waals surface area contributed by atoms with Crippen molar-refractivity contribution in [3.63, 3.8) is 0 Å². The molecule has 3 aromatic carbocycles. The zero-order valence-electron chi connectivity index (χ0n) is 16.5. The van der Waals surface area contributed by atoms with Crippen molar-refractivity contribution in [2.24, 2.45) is 0 Å². The van der Waals surface area contributed by atoms with Gasteiger partial charge in [0.2, 0.25) is 0 Å². The molecule has 3 rings (SSSR count). The van der Waals surface area contributed by atoms with Gasteiger partial charge in [0.05, 0.1) is 0 Å². The molecule has 133 valence electrons. The molecule has 0 aliphatic heterocycles. The van der Waals surface area contributed by atoms with E-state index in [-0.39, 0.29) is 0 Å². The molecule has 0 N–H and O–H groups in total. The number of aryl methyl sites for hydroxylation is 4. The molecule has 0 aliphatic carbocycles. The highest BCUT2D eigenvalue weighted by molar-refractivity contribution is 5.78. The molecule has 0 bridgehead atoms. The molecule has 1 radical (unpaired) electrons. The summed E-state index contributed by atoms with van der Waals surface area (Å²) in [6, 6.07) is 23.8. The van der Waals surface area contributed by atoms with Crippen LogP contribution in [0.3, 0.4) is 0 Å². The number of rotatable bonds is 6. The maximum atomic E-state index is 3.78. The maximum absolute atomic E-state index is 3.78. The fourth-order valence-corrected chi connectivity index (χ4v) is 3.94. The van der Waals surface area contributed by atoms with E-state index in [1.165, 1.54) is 44.5 Å². The topological polar surface area (TPSA) is 0 Å². The Morgan fingerprint density at radius 1 is 0.500 bits per heavy atom. The Hall–Kier alpha value is -2.34. The van der Waals surface area contributed by atoms with Gasteiger partial charge in [-0.15, -0.1) is 0 Å². The van der Waals surface area contributed by atoms with E-state index < -0.39 is 0 Å². The van der Waals surface area contributed by atoms with Gasteiger partial charge >= 0.3 is 0 Å². The Balaban J connectivity index is 2.21. The van der Waals surface area contributed by atoms with E-state index in [1.807, 2.05) is 0 Å². The maximum Gasteiger partial charge on any atom is -0.00139 e. The lowest BCUT2D eigenvalue weighted by molar-refractivity contribution is 1.09. The summed E-state index contributed by atoms with van der Waals surface area (Å²) in [5, 5.41) is 0. The van der Waals surface area contributed by atoms with Crippen molar-refractivity contribution in [1.29, 1.82) is 0 Å². The minimum absolute atomic E-state index is 1.05. The molecular weight excluding hydrogens is 312 g/mol. The summed E-state index contributed by atoms with van der Waals surface area (Å²) in [5.74, 6) is 0. The lowest BCUT2D eigenvalue weighted by Crippen LogP contribution is -1.97. The molecule has 0 aliphatic rings. The zero-order valence-corrected chi connectivity index (χ0v) is 16.5. The molecule has 0 saturated heterocycles. The first kappa shape index (κ1) is 18.5. The third-order valence-electron chi connectivity index (χ3n) is 5.33. The Morgan fingerprint density at radius 3 is 1.12 bits per heavy atom. The molecule has 26 heavy (non-hydrogen) atoms. The average molecular weight is 342 g/mol. The van der Waals surface area contributed by atoms with Crippen molar-refractivity contribution in [2.45, 2.75) is 53.4 Å². The van der Waals surface area contributed by atoms with Crippen LogP contribution in [-0.2, 0) is 25.7 Å². The highest BCUT2D eigenvalue weighted by Crippen LogP contribution is 2.34. The van der Waals surface area contributed by atoms with Crippen molar-refractivity contribution in [1.82, 2.24) is 0 Å². The van der Waals surface area contributed by atoms with Gasteiger partial charge in [-0.05, 0) is 76.3 Å². The standard InChI is InChI=1S/C26H29/c1-5-19-12-9-13-20(6-2)25(19)23-16-11-17-24(18-23)26-21(7-3)14-10-15-22(26)8-4/h9-17H,5-8H2,1-4H3. The Kier molecular flexibility index (Phi) is 5.93. The molecule has 0 saturated carbocycles. The monoisotopic (exact) mass is 341 g/mol. The summed E-state index contributed by atoms with van der Waals surface area (Å²) < 4.78 is 0. The second kappa shape index (κ2) is 8.36. The van der Waals surface area contributed by atoms with E-state index in [0.717, 1.165) is 25.7 Å². The molecule has 0 nitrogen and oxygen atoms in total. The third kappa shape index (κ3) is 3.46. The van der Waals surface area contributed by atoms with E-state index in [4.69, 9.17) is 0 Å². The minimum Gasteiger partial charge on any atom is -0.0617 e. The van der Waals surface area contributed by atoms with Gasteiger partial charge in [-0.1, -0.05) is 82.3 Å². The highest BCUT2D eigenvalue weighted by Gasteiger charge is 2.13. The van der Waals surface area contributed by atoms with Crippen LogP contribution in [0.15, 0.2) is 54.6 Å². The van der Waals surface area contributed by atoms with Gasteiger partial charge in [0.25, 0.3) is 0 Å². The van der Waals surface area contributed by atoms with E-state index >= 15 is 0 Å². The Labute approximate surface area is 158 Å². The van der Waals surface area contributed by atoms with Crippen LogP contribution in [-0.4, -0.2) is 0 Å². The van der Waals surface area contributed by atoms with Gasteiger partial charge in [0.15, 0.2) is 0 Å². The minimum atomic E-state index is 1.05. The predicted molar refractivity (Wildman–Crippen MR) is 114 cm³/mol. The zero-order chi connectivity index (χ0) is 18.5. The van der Waals surface area contributed by atoms with Crippen LogP contribution in [0.4, 0.5) is 0 Å². The fourth-order valence-electron chi connectivity index (χ4n) is 3.94. The summed E-state index contributed by atoms with van der Waals surface area (Å²) >= 11 is 0. The van der Waals surface area contributed by atoms with Crippen LogP contribution in [0.2, 0.25) is 0 Å². The van der Waals surface area contributed by atoms with E-state index in [2.05, 4.69) is 88.4 Å². The van der Waals surface area contributed by atoms with Gasteiger partial charge < -0.3 is 0 Å². The van der Waals surface area contributed by atoms with Crippen LogP contribution in [0, 0.1) is 6.07 Å². The van der Waals surface area contributed by atoms with Crippen molar-refractivity contribution < 1.29 is 0 Å². The van der Waals surface area contributed by atoms with Crippen LogP contribution < -0.4 is 0 Å². The van der Waals surface area contributed by atoms with Crippen LogP contribution in [0.5, 0.6) is 0 Å². The molecule has 0 heteroatoms. The fraction of sp³-hybridized carbons (Fsp3) is 0.308. The molecule has 0 fully saturated rings. The predicted octanol–water partition coefficient (Wildman–Crippen LogP) is 7.07. The van der Waals surface area contributed by atoms with Crippen LogP contribution in [0.25, 0.3) is 22.3 Å². The number of benzene rings is 3. The summed E-state index contributed by atoms with van der Waals surface area (Å²) in [7, 11) is 0. The van der Waals surface area contributed by atoms with Gasteiger partial charge in [-0.2, -0.15) is 0 Å². The van der Waals surface area contributed by atoms with Crippen molar-refractivity contribution >= 4 is 0 Å². The summed E-state index contributed by atoms with van der Waals surface area (Å²) in [5.41, 5.74) is 10.9. The Bertz CT molecular complexity index is 771. The summed E-state index contributed by atoms with van der Waals surface area (Å²) in [6.07, 6.45) is 4.19. The lowest BCUT2D eigenvalue weighted by atomic mass is 9.87. The van der Waals surface area contributed by atoms with Gasteiger partial charge in [-0.3, -0.25) is 0 Å². The van der Waals surface area contributed by atoms with Crippen LogP contribution >= 0.6 is 0 Å². The van der Waals surface area contributed by atoms with Crippen LogP contribution in [0.1, 0.15) is 49.9 Å². The van der Waals surface area contributed by atoms with Gasteiger partial charge in [0, 0.05) is 0 Å². The summed E-state index contributed by atoms with van der Waals surface area (Å²) in [4.78, 5) is 0. The van der Waals surface area contributed by atoms with Crippen molar-refractivity contribution in [2.75, 3.05) is 0 Å². The molecule has 0 amide bonds. The number of hydrogen-bond acceptors (Lipinski definition) is 0. The quantitative estimate of drug-likeness (QED) is 0.450. The smallest absolute Gasteiger partial charge is 0.00139 e. The second-order valence-corrected chi connectivity index (χ2v) is 6.79. The Morgan fingerprint density at radius 2 is 0.808 bits per heavy atom. The van der Waals surface area contributed by atoms with E-state index in [1.54, 1.807) is 0 Å². The average Bonchev–Trinajstić information content (AvgIpc) is 2.72. The molecule has 0 heterocycles. The van der Waals surface area contributed by atoms with Gasteiger partial charge in [0.1, 0.15) is 0 Å². The SMILES string of the molecule is CCc1cccc(CC)c1-c1[c]c(-c2c(CC)cccc2CC)ccc1. The molecular formula is C26H29. The van der Waals surface area contributed by atoms with Gasteiger partial charge in [-0.25, -0.2) is 0 Å². The molecule has 0 aromatic heterocycles. The second-order valence-electron chi connectivity index (χ2n) is 6.79. The molecule has 0 unspecified atom stereocenters. The third-order valence-corrected chi connectivity index (χ3v) is 5.33. The van der Waals surface area contributed by atoms with E-state index in [0.29, 0.717) is 0 Å². The largest absolute Gasteiger partial charge is 0.0617 e. The van der Waals surface area contributed by atoms with E-state index in [9.17, 15) is 0 Å². The summed E-state index contributed by atoms with van der Waals surface area (Å²) in [6.45, 7) is 8.96. The van der Waals surface area contributed by atoms with Crippen molar-refractivity contribution in [3.05, 3.63) is 82.9 Å². The normalized spacial score (nSPS) is 10.9.